The second-order valence-corrected chi connectivity index (χ2v) is 5.05. The number of benzene rings is 2. The van der Waals surface area contributed by atoms with Gasteiger partial charge in [0.25, 0.3) is 0 Å². The van der Waals surface area contributed by atoms with Crippen molar-refractivity contribution in [3.05, 3.63) is 66.5 Å². The third-order valence-electron chi connectivity index (χ3n) is 3.62. The van der Waals surface area contributed by atoms with Crippen LogP contribution in [0.15, 0.2) is 60.9 Å². The van der Waals surface area contributed by atoms with Crippen LogP contribution in [0, 0.1) is 0 Å². The topological polar surface area (TPSA) is 29.9 Å². The molecule has 1 aromatic heterocycles. The van der Waals surface area contributed by atoms with Crippen LogP contribution < -0.4 is 5.32 Å². The Kier molecular flexibility index (Phi) is 3.79. The van der Waals surface area contributed by atoms with Crippen LogP contribution in [-0.4, -0.2) is 16.3 Å². The Morgan fingerprint density at radius 3 is 2.75 bits per heavy atom. The summed E-state index contributed by atoms with van der Waals surface area (Å²) in [4.78, 5) is 0. The first-order valence-corrected chi connectivity index (χ1v) is 7.02. The monoisotopic (exact) mass is 265 g/mol. The van der Waals surface area contributed by atoms with Gasteiger partial charge in [0, 0.05) is 25.0 Å². The van der Waals surface area contributed by atoms with Crippen LogP contribution in [0.25, 0.3) is 10.8 Å². The lowest BCUT2D eigenvalue weighted by atomic mass is 10.0. The van der Waals surface area contributed by atoms with Crippen LogP contribution in [0.3, 0.4) is 0 Å². The molecule has 0 fully saturated rings. The van der Waals surface area contributed by atoms with E-state index >= 15 is 0 Å². The molecular weight excluding hydrogens is 246 g/mol. The van der Waals surface area contributed by atoms with Crippen LogP contribution >= 0.6 is 0 Å². The molecule has 20 heavy (non-hydrogen) atoms. The number of hydrogen-bond donors (Lipinski definition) is 1. The third kappa shape index (κ3) is 2.89. The molecule has 0 aliphatic rings. The fraction of sp³-hybridized carbons (Fsp3) is 0.235. The van der Waals surface area contributed by atoms with Crippen molar-refractivity contribution in [2.75, 3.05) is 6.54 Å². The van der Waals surface area contributed by atoms with E-state index in [1.807, 2.05) is 23.1 Å². The molecule has 0 aliphatic heterocycles. The fourth-order valence-corrected chi connectivity index (χ4v) is 2.42. The number of aromatic nitrogens is 2. The summed E-state index contributed by atoms with van der Waals surface area (Å²) in [6, 6.07) is 17.4. The standard InChI is InChI=1S/C17H19N3/c1-14(18-10-12-20-11-4-9-19-20)16-8-7-15-5-2-3-6-17(15)13-16/h2-9,11,13-14,18H,10,12H2,1H3. The molecule has 3 aromatic rings. The Hall–Kier alpha value is -2.13. The number of nitrogens with one attached hydrogen (secondary N) is 1. The molecule has 0 amide bonds. The van der Waals surface area contributed by atoms with E-state index in [0.29, 0.717) is 6.04 Å². The average Bonchev–Trinajstić information content (AvgIpc) is 3.00. The summed E-state index contributed by atoms with van der Waals surface area (Å²) in [5, 5.41) is 10.3. The van der Waals surface area contributed by atoms with Crippen LogP contribution in [0.1, 0.15) is 18.5 Å². The number of hydrogen-bond acceptors (Lipinski definition) is 2. The van der Waals surface area contributed by atoms with E-state index in [1.54, 1.807) is 0 Å². The summed E-state index contributed by atoms with van der Waals surface area (Å²) in [5.41, 5.74) is 1.32. The minimum Gasteiger partial charge on any atom is -0.308 e. The van der Waals surface area contributed by atoms with Gasteiger partial charge in [-0.15, -0.1) is 0 Å². The van der Waals surface area contributed by atoms with Gasteiger partial charge in [0.05, 0.1) is 6.54 Å². The summed E-state index contributed by atoms with van der Waals surface area (Å²) >= 11 is 0. The van der Waals surface area contributed by atoms with Crippen LogP contribution in [-0.2, 0) is 6.54 Å². The van der Waals surface area contributed by atoms with E-state index in [9.17, 15) is 0 Å². The van der Waals surface area contributed by atoms with Gasteiger partial charge in [-0.1, -0.05) is 36.4 Å². The first-order chi connectivity index (χ1) is 9.83. The highest BCUT2D eigenvalue weighted by Crippen LogP contribution is 2.20. The lowest BCUT2D eigenvalue weighted by Crippen LogP contribution is -2.23. The van der Waals surface area contributed by atoms with Gasteiger partial charge in [-0.25, -0.2) is 0 Å². The molecule has 1 unspecified atom stereocenters. The Morgan fingerprint density at radius 2 is 1.95 bits per heavy atom. The number of rotatable bonds is 5. The van der Waals surface area contributed by atoms with Crippen molar-refractivity contribution in [2.24, 2.45) is 0 Å². The zero-order valence-corrected chi connectivity index (χ0v) is 11.7. The highest BCUT2D eigenvalue weighted by Gasteiger charge is 2.05. The molecule has 0 radical (unpaired) electrons. The van der Waals surface area contributed by atoms with Crippen LogP contribution in [0.4, 0.5) is 0 Å². The van der Waals surface area contributed by atoms with Crippen LogP contribution in [0.2, 0.25) is 0 Å². The molecule has 102 valence electrons. The lowest BCUT2D eigenvalue weighted by molar-refractivity contribution is 0.507. The van der Waals surface area contributed by atoms with E-state index in [2.05, 4.69) is 59.8 Å². The lowest BCUT2D eigenvalue weighted by Gasteiger charge is -2.15. The highest BCUT2D eigenvalue weighted by molar-refractivity contribution is 5.83. The molecule has 1 atom stereocenters. The van der Waals surface area contributed by atoms with Gasteiger partial charge in [-0.3, -0.25) is 4.68 Å². The molecule has 0 spiro atoms. The SMILES string of the molecule is CC(NCCn1cccn1)c1ccc2ccccc2c1. The van der Waals surface area contributed by atoms with E-state index in [4.69, 9.17) is 0 Å². The molecule has 3 heteroatoms. The van der Waals surface area contributed by atoms with E-state index < -0.39 is 0 Å². The van der Waals surface area contributed by atoms with Crippen molar-refractivity contribution in [1.29, 1.82) is 0 Å². The largest absolute Gasteiger partial charge is 0.308 e. The van der Waals surface area contributed by atoms with Gasteiger partial charge < -0.3 is 5.32 Å². The first-order valence-electron chi connectivity index (χ1n) is 7.02. The molecule has 0 aliphatic carbocycles. The van der Waals surface area contributed by atoms with Gasteiger partial charge in [-0.05, 0) is 35.4 Å². The predicted molar refractivity (Wildman–Crippen MR) is 82.6 cm³/mol. The fourth-order valence-electron chi connectivity index (χ4n) is 2.42. The van der Waals surface area contributed by atoms with Crippen molar-refractivity contribution < 1.29 is 0 Å². The third-order valence-corrected chi connectivity index (χ3v) is 3.62. The van der Waals surface area contributed by atoms with Gasteiger partial charge in [-0.2, -0.15) is 5.10 Å². The second kappa shape index (κ2) is 5.88. The Labute approximate surface area is 119 Å². The summed E-state index contributed by atoms with van der Waals surface area (Å²) in [7, 11) is 0. The summed E-state index contributed by atoms with van der Waals surface area (Å²) in [6.45, 7) is 4.01. The maximum absolute atomic E-state index is 4.20. The smallest absolute Gasteiger partial charge is 0.0534 e. The summed E-state index contributed by atoms with van der Waals surface area (Å²) < 4.78 is 1.94. The quantitative estimate of drug-likeness (QED) is 0.766. The maximum Gasteiger partial charge on any atom is 0.0534 e. The normalized spacial score (nSPS) is 12.7. The molecule has 0 saturated carbocycles. The van der Waals surface area contributed by atoms with Crippen molar-refractivity contribution >= 4 is 10.8 Å². The van der Waals surface area contributed by atoms with Crippen LogP contribution in [0.5, 0.6) is 0 Å². The van der Waals surface area contributed by atoms with Gasteiger partial charge in [0.1, 0.15) is 0 Å². The van der Waals surface area contributed by atoms with Gasteiger partial charge >= 0.3 is 0 Å². The van der Waals surface area contributed by atoms with Crippen molar-refractivity contribution in [3.8, 4) is 0 Å². The highest BCUT2D eigenvalue weighted by atomic mass is 15.3. The zero-order valence-electron chi connectivity index (χ0n) is 11.7. The minimum absolute atomic E-state index is 0.343. The van der Waals surface area contributed by atoms with Gasteiger partial charge in [0.15, 0.2) is 0 Å². The molecule has 2 aromatic carbocycles. The second-order valence-electron chi connectivity index (χ2n) is 5.05. The van der Waals surface area contributed by atoms with E-state index in [0.717, 1.165) is 13.1 Å². The molecule has 3 rings (SSSR count). The molecular formula is C17H19N3. The average molecular weight is 265 g/mol. The Balaban J connectivity index is 1.64. The maximum atomic E-state index is 4.20. The molecule has 0 bridgehead atoms. The van der Waals surface area contributed by atoms with Crippen molar-refractivity contribution in [2.45, 2.75) is 19.5 Å². The van der Waals surface area contributed by atoms with Crippen molar-refractivity contribution in [3.63, 3.8) is 0 Å². The molecule has 1 N–H and O–H groups in total. The number of fused-ring (bicyclic) bond motifs is 1. The molecule has 3 nitrogen and oxygen atoms in total. The minimum atomic E-state index is 0.343. The predicted octanol–water partition coefficient (Wildman–Crippen LogP) is 3.39. The number of nitrogens with zero attached hydrogens (tertiary/aromatic N) is 2. The Bertz CT molecular complexity index is 674. The first kappa shape index (κ1) is 12.9. The summed E-state index contributed by atoms with van der Waals surface area (Å²) in [5.74, 6) is 0. The zero-order chi connectivity index (χ0) is 13.8. The molecule has 1 heterocycles. The Morgan fingerprint density at radius 1 is 1.10 bits per heavy atom. The van der Waals surface area contributed by atoms with E-state index in [1.165, 1.54) is 16.3 Å². The molecule has 0 saturated heterocycles. The summed E-state index contributed by atoms with van der Waals surface area (Å²) in [6.07, 6.45) is 3.80. The van der Waals surface area contributed by atoms with E-state index in [-0.39, 0.29) is 0 Å². The van der Waals surface area contributed by atoms with Gasteiger partial charge in [0.2, 0.25) is 0 Å². The van der Waals surface area contributed by atoms with Crippen molar-refractivity contribution in [1.82, 2.24) is 15.1 Å².